The average molecular weight is 349 g/mol. The van der Waals surface area contributed by atoms with Crippen LogP contribution >= 0.6 is 0 Å². The van der Waals surface area contributed by atoms with Gasteiger partial charge in [0, 0.05) is 29.6 Å². The normalized spacial score (nSPS) is 10.2. The number of benzene rings is 2. The van der Waals surface area contributed by atoms with Crippen LogP contribution in [0.2, 0.25) is 0 Å². The summed E-state index contributed by atoms with van der Waals surface area (Å²) in [6.45, 7) is 0.0353. The zero-order chi connectivity index (χ0) is 18.4. The van der Waals surface area contributed by atoms with Crippen molar-refractivity contribution in [3.8, 4) is 0 Å². The third-order valence-electron chi connectivity index (χ3n) is 3.68. The lowest BCUT2D eigenvalue weighted by Crippen LogP contribution is -2.25. The molecule has 0 saturated carbocycles. The van der Waals surface area contributed by atoms with Crippen LogP contribution in [0.5, 0.6) is 0 Å². The lowest BCUT2D eigenvalue weighted by molar-refractivity contribution is 0.0945. The van der Waals surface area contributed by atoms with E-state index in [4.69, 9.17) is 0 Å². The van der Waals surface area contributed by atoms with E-state index in [1.54, 1.807) is 30.3 Å². The van der Waals surface area contributed by atoms with Gasteiger partial charge in [0.2, 0.25) is 0 Å². The van der Waals surface area contributed by atoms with Gasteiger partial charge in [-0.3, -0.25) is 14.6 Å². The fourth-order valence-electron chi connectivity index (χ4n) is 2.33. The van der Waals surface area contributed by atoms with Crippen LogP contribution < -0.4 is 10.6 Å². The predicted molar refractivity (Wildman–Crippen MR) is 96.2 cm³/mol. The second kappa shape index (κ2) is 8.02. The van der Waals surface area contributed by atoms with Crippen molar-refractivity contribution in [3.05, 3.63) is 95.6 Å². The summed E-state index contributed by atoms with van der Waals surface area (Å²) in [5.41, 5.74) is 1.42. The molecule has 130 valence electrons. The minimum Gasteiger partial charge on any atom is -0.347 e. The first-order chi connectivity index (χ1) is 12.6. The van der Waals surface area contributed by atoms with Crippen molar-refractivity contribution in [2.45, 2.75) is 6.54 Å². The molecule has 0 bridgehead atoms. The van der Waals surface area contributed by atoms with Gasteiger partial charge in [-0.25, -0.2) is 4.39 Å². The number of anilines is 1. The molecule has 26 heavy (non-hydrogen) atoms. The summed E-state index contributed by atoms with van der Waals surface area (Å²) in [6, 6.07) is 18.1. The molecule has 2 aromatic carbocycles. The zero-order valence-corrected chi connectivity index (χ0v) is 13.8. The number of rotatable bonds is 5. The number of halogens is 1. The van der Waals surface area contributed by atoms with Gasteiger partial charge in [-0.15, -0.1) is 0 Å². The summed E-state index contributed by atoms with van der Waals surface area (Å²) in [5, 5.41) is 5.34. The molecule has 0 aliphatic heterocycles. The van der Waals surface area contributed by atoms with Gasteiger partial charge in [0.05, 0.1) is 0 Å². The Morgan fingerprint density at radius 1 is 0.923 bits per heavy atom. The van der Waals surface area contributed by atoms with E-state index in [-0.39, 0.29) is 18.1 Å². The highest BCUT2D eigenvalue weighted by atomic mass is 19.1. The third kappa shape index (κ3) is 4.30. The zero-order valence-electron chi connectivity index (χ0n) is 13.8. The van der Waals surface area contributed by atoms with Crippen LogP contribution in [0.15, 0.2) is 72.9 Å². The van der Waals surface area contributed by atoms with E-state index in [9.17, 15) is 14.0 Å². The van der Waals surface area contributed by atoms with E-state index in [2.05, 4.69) is 15.6 Å². The predicted octanol–water partition coefficient (Wildman–Crippen LogP) is 3.40. The van der Waals surface area contributed by atoms with Crippen LogP contribution in [-0.4, -0.2) is 16.8 Å². The van der Waals surface area contributed by atoms with Crippen molar-refractivity contribution in [2.24, 2.45) is 0 Å². The monoisotopic (exact) mass is 349 g/mol. The molecule has 0 aliphatic rings. The number of pyridine rings is 1. The minimum atomic E-state index is -0.484. The average Bonchev–Trinajstić information content (AvgIpc) is 2.68. The summed E-state index contributed by atoms with van der Waals surface area (Å²) in [6.07, 6.45) is 1.39. The number of hydrogen-bond donors (Lipinski definition) is 2. The molecule has 0 saturated heterocycles. The van der Waals surface area contributed by atoms with Crippen molar-refractivity contribution in [1.29, 1.82) is 0 Å². The summed E-state index contributed by atoms with van der Waals surface area (Å²) >= 11 is 0. The van der Waals surface area contributed by atoms with Crippen molar-refractivity contribution >= 4 is 17.5 Å². The molecule has 0 radical (unpaired) electrons. The Morgan fingerprint density at radius 2 is 1.65 bits per heavy atom. The van der Waals surface area contributed by atoms with Crippen molar-refractivity contribution in [3.63, 3.8) is 0 Å². The number of aromatic nitrogens is 1. The van der Waals surface area contributed by atoms with Crippen molar-refractivity contribution in [2.75, 3.05) is 5.32 Å². The maximum absolute atomic E-state index is 13.6. The van der Waals surface area contributed by atoms with Gasteiger partial charge in [-0.2, -0.15) is 0 Å². The summed E-state index contributed by atoms with van der Waals surface area (Å²) in [4.78, 5) is 28.5. The second-order valence-electron chi connectivity index (χ2n) is 5.52. The van der Waals surface area contributed by atoms with E-state index in [1.165, 1.54) is 24.4 Å². The molecule has 3 aromatic rings. The van der Waals surface area contributed by atoms with Gasteiger partial charge in [-0.1, -0.05) is 36.4 Å². The number of carbonyl (C=O) groups excluding carboxylic acids is 2. The number of hydrogen-bond acceptors (Lipinski definition) is 3. The van der Waals surface area contributed by atoms with Gasteiger partial charge in [0.1, 0.15) is 11.5 Å². The number of amides is 2. The highest BCUT2D eigenvalue weighted by Crippen LogP contribution is 2.10. The van der Waals surface area contributed by atoms with Gasteiger partial charge in [-0.05, 0) is 30.3 Å². The summed E-state index contributed by atoms with van der Waals surface area (Å²) in [5.74, 6) is -1.22. The van der Waals surface area contributed by atoms with Crippen molar-refractivity contribution in [1.82, 2.24) is 10.3 Å². The van der Waals surface area contributed by atoms with Crippen LogP contribution in [0.3, 0.4) is 0 Å². The second-order valence-corrected chi connectivity index (χ2v) is 5.52. The molecular formula is C20H16FN3O2. The van der Waals surface area contributed by atoms with E-state index >= 15 is 0 Å². The van der Waals surface area contributed by atoms with Crippen LogP contribution in [-0.2, 0) is 6.54 Å². The molecule has 0 fully saturated rings. The Hall–Kier alpha value is -3.54. The van der Waals surface area contributed by atoms with E-state index in [1.807, 2.05) is 18.2 Å². The smallest absolute Gasteiger partial charge is 0.270 e. The number of para-hydroxylation sites is 1. The van der Waals surface area contributed by atoms with Gasteiger partial charge in [0.15, 0.2) is 0 Å². The first-order valence-corrected chi connectivity index (χ1v) is 7.97. The SMILES string of the molecule is O=C(Nc1ccccc1)c1ccnc(C(=O)NCc2ccccc2F)c1. The lowest BCUT2D eigenvalue weighted by atomic mass is 10.2. The van der Waals surface area contributed by atoms with Crippen LogP contribution in [0.4, 0.5) is 10.1 Å². The molecule has 2 amide bonds. The first kappa shape index (κ1) is 17.3. The third-order valence-corrected chi connectivity index (χ3v) is 3.68. The quantitative estimate of drug-likeness (QED) is 0.742. The standard InChI is InChI=1S/C20H16FN3O2/c21-17-9-5-4-6-15(17)13-23-20(26)18-12-14(10-11-22-18)19(25)24-16-7-2-1-3-8-16/h1-12H,13H2,(H,23,26)(H,24,25). The molecule has 0 unspecified atom stereocenters. The Bertz CT molecular complexity index is 929. The van der Waals surface area contributed by atoms with Crippen LogP contribution in [0.25, 0.3) is 0 Å². The topological polar surface area (TPSA) is 71.1 Å². The fraction of sp³-hybridized carbons (Fsp3) is 0.0500. The maximum atomic E-state index is 13.6. The maximum Gasteiger partial charge on any atom is 0.270 e. The van der Waals surface area contributed by atoms with E-state index in [0.29, 0.717) is 16.8 Å². The number of nitrogens with zero attached hydrogens (tertiary/aromatic N) is 1. The fourth-order valence-corrected chi connectivity index (χ4v) is 2.33. The minimum absolute atomic E-state index is 0.0353. The first-order valence-electron chi connectivity index (χ1n) is 7.97. The Morgan fingerprint density at radius 3 is 2.42 bits per heavy atom. The molecule has 6 heteroatoms. The molecule has 1 aromatic heterocycles. The Balaban J connectivity index is 1.67. The van der Waals surface area contributed by atoms with Crippen molar-refractivity contribution < 1.29 is 14.0 Å². The molecule has 0 atom stereocenters. The van der Waals surface area contributed by atoms with Gasteiger partial charge >= 0.3 is 0 Å². The van der Waals surface area contributed by atoms with Gasteiger partial charge in [0.25, 0.3) is 11.8 Å². The molecule has 2 N–H and O–H groups in total. The van der Waals surface area contributed by atoms with Crippen LogP contribution in [0.1, 0.15) is 26.4 Å². The molecule has 0 spiro atoms. The molecule has 3 rings (SSSR count). The molecular weight excluding hydrogens is 333 g/mol. The summed E-state index contributed by atoms with van der Waals surface area (Å²) < 4.78 is 13.6. The number of nitrogens with one attached hydrogen (secondary N) is 2. The largest absolute Gasteiger partial charge is 0.347 e. The molecule has 5 nitrogen and oxygen atoms in total. The van der Waals surface area contributed by atoms with Gasteiger partial charge < -0.3 is 10.6 Å². The van der Waals surface area contributed by atoms with E-state index < -0.39 is 11.7 Å². The highest BCUT2D eigenvalue weighted by molar-refractivity contribution is 6.05. The molecule has 0 aliphatic carbocycles. The summed E-state index contributed by atoms with van der Waals surface area (Å²) in [7, 11) is 0. The van der Waals surface area contributed by atoms with Crippen LogP contribution in [0, 0.1) is 5.82 Å². The Kier molecular flexibility index (Phi) is 5.34. The highest BCUT2D eigenvalue weighted by Gasteiger charge is 2.12. The molecule has 1 heterocycles. The lowest BCUT2D eigenvalue weighted by Gasteiger charge is -2.08. The Labute approximate surface area is 149 Å². The van der Waals surface area contributed by atoms with E-state index in [0.717, 1.165) is 0 Å². The number of carbonyl (C=O) groups is 2.